The fourth-order valence-electron chi connectivity index (χ4n) is 2.35. The molecule has 0 amide bonds. The lowest BCUT2D eigenvalue weighted by molar-refractivity contribution is -0.111. The van der Waals surface area contributed by atoms with Crippen molar-refractivity contribution in [3.05, 3.63) is 69.7 Å². The van der Waals surface area contributed by atoms with Crippen LogP contribution in [0, 0.1) is 0 Å². The van der Waals surface area contributed by atoms with Crippen LogP contribution < -0.4 is 0 Å². The van der Waals surface area contributed by atoms with Crippen molar-refractivity contribution in [2.45, 2.75) is 25.9 Å². The molecule has 2 nitrogen and oxygen atoms in total. The van der Waals surface area contributed by atoms with E-state index in [0.29, 0.717) is 6.42 Å². The largest absolute Gasteiger partial charge is 0.295 e. The van der Waals surface area contributed by atoms with Crippen LogP contribution in [0.3, 0.4) is 0 Å². The molecule has 0 aromatic heterocycles. The van der Waals surface area contributed by atoms with Gasteiger partial charge in [0.25, 0.3) is 0 Å². The Morgan fingerprint density at radius 3 is 1.65 bits per heavy atom. The van der Waals surface area contributed by atoms with Crippen LogP contribution in [0.5, 0.6) is 0 Å². The van der Waals surface area contributed by atoms with Gasteiger partial charge in [-0.15, -0.1) is 0 Å². The summed E-state index contributed by atoms with van der Waals surface area (Å²) >= 11 is 17.3. The zero-order valence-corrected chi connectivity index (χ0v) is 14.9. The summed E-state index contributed by atoms with van der Waals surface area (Å²) in [6, 6.07) is 15.6. The minimum absolute atomic E-state index is 0.289. The molecule has 0 radical (unpaired) electrons. The molecule has 2 aromatic rings. The lowest BCUT2D eigenvalue weighted by Crippen LogP contribution is -2.24. The highest BCUT2D eigenvalue weighted by atomic mass is 35.5. The fraction of sp³-hybridized carbons (Fsp3) is 0.278. The Balaban J connectivity index is 2.02. The molecule has 0 bridgehead atoms. The minimum Gasteiger partial charge on any atom is -0.295 e. The predicted molar refractivity (Wildman–Crippen MR) is 97.1 cm³/mol. The molecule has 122 valence electrons. The van der Waals surface area contributed by atoms with Crippen molar-refractivity contribution in [3.63, 3.8) is 0 Å². The van der Waals surface area contributed by atoms with Crippen molar-refractivity contribution in [2.24, 2.45) is 0 Å². The second kappa shape index (κ2) is 9.29. The number of nitrogens with zero attached hydrogens (tertiary/aromatic N) is 1. The van der Waals surface area contributed by atoms with Gasteiger partial charge in [-0.1, -0.05) is 47.5 Å². The highest BCUT2D eigenvalue weighted by molar-refractivity contribution is 6.63. The number of halogens is 3. The Labute approximate surface area is 152 Å². The molecule has 0 atom stereocenters. The van der Waals surface area contributed by atoms with Gasteiger partial charge in [-0.3, -0.25) is 9.69 Å². The normalized spacial score (nSPS) is 11.0. The van der Waals surface area contributed by atoms with Gasteiger partial charge >= 0.3 is 0 Å². The van der Waals surface area contributed by atoms with Crippen LogP contribution in [0.1, 0.15) is 24.0 Å². The molecule has 0 saturated carbocycles. The monoisotopic (exact) mass is 369 g/mol. The maximum absolute atomic E-state index is 10.9. The number of hydrogen-bond acceptors (Lipinski definition) is 2. The SMILES string of the molecule is O=C(Cl)CCCN(Cc1ccc(Cl)cc1)Cc1ccc(Cl)cc1. The third kappa shape index (κ3) is 6.92. The summed E-state index contributed by atoms with van der Waals surface area (Å²) in [4.78, 5) is 13.2. The van der Waals surface area contributed by atoms with E-state index in [9.17, 15) is 4.79 Å². The molecule has 0 unspecified atom stereocenters. The van der Waals surface area contributed by atoms with E-state index >= 15 is 0 Å². The Morgan fingerprint density at radius 2 is 1.26 bits per heavy atom. The first kappa shape index (κ1) is 18.3. The molecule has 23 heavy (non-hydrogen) atoms. The molecule has 0 N–H and O–H groups in total. The smallest absolute Gasteiger partial charge is 0.221 e. The van der Waals surface area contributed by atoms with Crippen LogP contribution in [-0.2, 0) is 17.9 Å². The van der Waals surface area contributed by atoms with Crippen molar-refractivity contribution in [1.82, 2.24) is 4.90 Å². The van der Waals surface area contributed by atoms with E-state index < -0.39 is 0 Å². The van der Waals surface area contributed by atoms with Crippen LogP contribution in [0.4, 0.5) is 0 Å². The maximum atomic E-state index is 10.9. The molecule has 0 saturated heterocycles. The molecular formula is C18H18Cl3NO. The third-order valence-corrected chi connectivity index (χ3v) is 4.18. The number of benzene rings is 2. The van der Waals surface area contributed by atoms with Gasteiger partial charge in [-0.2, -0.15) is 0 Å². The van der Waals surface area contributed by atoms with Crippen molar-refractivity contribution >= 4 is 40.0 Å². The molecule has 0 aliphatic heterocycles. The van der Waals surface area contributed by atoms with Crippen LogP contribution in [0.15, 0.2) is 48.5 Å². The maximum Gasteiger partial charge on any atom is 0.221 e. The molecule has 2 aromatic carbocycles. The molecular weight excluding hydrogens is 353 g/mol. The van der Waals surface area contributed by atoms with Gasteiger partial charge in [-0.25, -0.2) is 0 Å². The number of carbonyl (C=O) groups excluding carboxylic acids is 1. The standard InChI is InChI=1S/C18H18Cl3NO/c19-16-7-3-14(4-8-16)12-22(11-1-2-18(21)23)13-15-5-9-17(20)10-6-15/h3-10H,1-2,11-13H2. The zero-order chi connectivity index (χ0) is 16.7. The van der Waals surface area contributed by atoms with Gasteiger partial charge in [0, 0.05) is 29.6 Å². The van der Waals surface area contributed by atoms with Crippen LogP contribution in [0.2, 0.25) is 10.0 Å². The first-order valence-corrected chi connectivity index (χ1v) is 8.56. The van der Waals surface area contributed by atoms with Gasteiger partial charge in [0.05, 0.1) is 0 Å². The molecule has 0 aliphatic carbocycles. The first-order valence-electron chi connectivity index (χ1n) is 7.42. The lowest BCUT2D eigenvalue weighted by atomic mass is 10.1. The minimum atomic E-state index is -0.289. The van der Waals surface area contributed by atoms with E-state index in [2.05, 4.69) is 4.90 Å². The highest BCUT2D eigenvalue weighted by Crippen LogP contribution is 2.16. The molecule has 5 heteroatoms. The molecule has 0 spiro atoms. The topological polar surface area (TPSA) is 20.3 Å². The predicted octanol–water partition coefficient (Wildman–Crippen LogP) is 5.54. The summed E-state index contributed by atoms with van der Waals surface area (Å²) < 4.78 is 0. The van der Waals surface area contributed by atoms with E-state index in [1.54, 1.807) is 0 Å². The third-order valence-electron chi connectivity index (χ3n) is 3.49. The lowest BCUT2D eigenvalue weighted by Gasteiger charge is -2.22. The molecule has 2 rings (SSSR count). The second-order valence-electron chi connectivity index (χ2n) is 5.42. The van der Waals surface area contributed by atoms with Crippen LogP contribution in [0.25, 0.3) is 0 Å². The van der Waals surface area contributed by atoms with Crippen LogP contribution >= 0.6 is 34.8 Å². The molecule has 0 heterocycles. The van der Waals surface area contributed by atoms with Crippen LogP contribution in [-0.4, -0.2) is 16.7 Å². The average Bonchev–Trinajstić information content (AvgIpc) is 2.51. The zero-order valence-electron chi connectivity index (χ0n) is 12.6. The number of hydrogen-bond donors (Lipinski definition) is 0. The van der Waals surface area contributed by atoms with Crippen molar-refractivity contribution in [3.8, 4) is 0 Å². The van der Waals surface area contributed by atoms with Crippen molar-refractivity contribution in [2.75, 3.05) is 6.54 Å². The van der Waals surface area contributed by atoms with E-state index in [1.807, 2.05) is 48.5 Å². The van der Waals surface area contributed by atoms with E-state index in [4.69, 9.17) is 34.8 Å². The van der Waals surface area contributed by atoms with Gasteiger partial charge in [0.1, 0.15) is 0 Å². The summed E-state index contributed by atoms with van der Waals surface area (Å²) in [5.74, 6) is 0. The van der Waals surface area contributed by atoms with E-state index in [0.717, 1.165) is 36.1 Å². The Kier molecular flexibility index (Phi) is 7.38. The average molecular weight is 371 g/mol. The second-order valence-corrected chi connectivity index (χ2v) is 6.72. The summed E-state index contributed by atoms with van der Waals surface area (Å²) in [5, 5.41) is 1.17. The summed E-state index contributed by atoms with van der Waals surface area (Å²) in [6.45, 7) is 2.37. The Hall–Kier alpha value is -1.06. The van der Waals surface area contributed by atoms with Crippen molar-refractivity contribution < 1.29 is 4.79 Å². The summed E-state index contributed by atoms with van der Waals surface area (Å²) in [5.41, 5.74) is 2.36. The number of carbonyl (C=O) groups is 1. The Morgan fingerprint density at radius 1 is 0.826 bits per heavy atom. The fourth-order valence-corrected chi connectivity index (χ4v) is 2.74. The van der Waals surface area contributed by atoms with Gasteiger partial charge < -0.3 is 0 Å². The Bertz CT molecular complexity index is 578. The van der Waals surface area contributed by atoms with Gasteiger partial charge in [0.2, 0.25) is 5.24 Å². The number of rotatable bonds is 8. The molecule has 0 fully saturated rings. The first-order chi connectivity index (χ1) is 11.0. The van der Waals surface area contributed by atoms with E-state index in [1.165, 1.54) is 11.1 Å². The summed E-state index contributed by atoms with van der Waals surface area (Å²) in [7, 11) is 0. The van der Waals surface area contributed by atoms with Crippen molar-refractivity contribution in [1.29, 1.82) is 0 Å². The summed E-state index contributed by atoms with van der Waals surface area (Å²) in [6.07, 6.45) is 1.13. The van der Waals surface area contributed by atoms with Gasteiger partial charge in [-0.05, 0) is 60.0 Å². The van der Waals surface area contributed by atoms with Gasteiger partial charge in [0.15, 0.2) is 0 Å². The quantitative estimate of drug-likeness (QED) is 0.568. The highest BCUT2D eigenvalue weighted by Gasteiger charge is 2.08. The molecule has 0 aliphatic rings. The van der Waals surface area contributed by atoms with E-state index in [-0.39, 0.29) is 5.24 Å².